The number of nitrogens with zero attached hydrogens (tertiary/aromatic N) is 5. The second kappa shape index (κ2) is 6.34. The van der Waals surface area contributed by atoms with Gasteiger partial charge in [0.15, 0.2) is 0 Å². The molecule has 0 radical (unpaired) electrons. The molecule has 0 amide bonds. The maximum absolute atomic E-state index is 8.69. The first-order valence-corrected chi connectivity index (χ1v) is 6.62. The minimum atomic E-state index is 0.357. The van der Waals surface area contributed by atoms with E-state index in [-0.39, 0.29) is 0 Å². The van der Waals surface area contributed by atoms with Crippen LogP contribution >= 0.6 is 0 Å². The highest BCUT2D eigenvalue weighted by Crippen LogP contribution is 2.16. The molecule has 2 rings (SSSR count). The molecule has 19 heavy (non-hydrogen) atoms. The van der Waals surface area contributed by atoms with Crippen LogP contribution in [0.4, 0.5) is 11.6 Å². The van der Waals surface area contributed by atoms with Gasteiger partial charge in [-0.15, -0.1) is 0 Å². The van der Waals surface area contributed by atoms with E-state index in [4.69, 9.17) is 5.26 Å². The number of anilines is 2. The summed E-state index contributed by atoms with van der Waals surface area (Å²) in [5.41, 5.74) is 0. The average Bonchev–Trinajstić information content (AvgIpc) is 2.39. The fourth-order valence-corrected chi connectivity index (χ4v) is 2.13. The summed E-state index contributed by atoms with van der Waals surface area (Å²) < 4.78 is 0. The minimum Gasteiger partial charge on any atom is -0.368 e. The average molecular weight is 260 g/mol. The summed E-state index contributed by atoms with van der Waals surface area (Å²) >= 11 is 0. The molecule has 1 N–H and O–H groups in total. The Hall–Kier alpha value is -1.87. The lowest BCUT2D eigenvalue weighted by atomic mass is 10.3. The molecule has 0 aliphatic carbocycles. The molecule has 2 heterocycles. The number of hydrogen-bond acceptors (Lipinski definition) is 6. The zero-order chi connectivity index (χ0) is 13.7. The second-order valence-corrected chi connectivity index (χ2v) is 4.98. The molecule has 0 saturated carbocycles. The SMILES string of the molecule is CC(C)Nc1cc(N2CCN(CC#N)CC2)ncn1. The van der Waals surface area contributed by atoms with E-state index in [0.717, 1.165) is 37.8 Å². The van der Waals surface area contributed by atoms with Crippen LogP contribution in [0.25, 0.3) is 0 Å². The molecular weight excluding hydrogens is 240 g/mol. The summed E-state index contributed by atoms with van der Waals surface area (Å²) in [5.74, 6) is 1.81. The standard InChI is InChI=1S/C13H20N6/c1-11(2)17-12-9-13(16-10-15-12)19-7-5-18(4-3-14)6-8-19/h9-11H,4-8H2,1-2H3,(H,15,16,17). The van der Waals surface area contributed by atoms with Crippen molar-refractivity contribution in [1.82, 2.24) is 14.9 Å². The predicted molar refractivity (Wildman–Crippen MR) is 75.1 cm³/mol. The zero-order valence-corrected chi connectivity index (χ0v) is 11.5. The molecule has 0 unspecified atom stereocenters. The topological polar surface area (TPSA) is 68.1 Å². The van der Waals surface area contributed by atoms with Gasteiger partial charge in [-0.3, -0.25) is 4.90 Å². The van der Waals surface area contributed by atoms with Gasteiger partial charge in [0.25, 0.3) is 0 Å². The molecule has 1 aliphatic heterocycles. The highest BCUT2D eigenvalue weighted by atomic mass is 15.3. The van der Waals surface area contributed by atoms with Crippen LogP contribution in [0.1, 0.15) is 13.8 Å². The van der Waals surface area contributed by atoms with Crippen molar-refractivity contribution < 1.29 is 0 Å². The molecule has 6 nitrogen and oxygen atoms in total. The first-order valence-electron chi connectivity index (χ1n) is 6.62. The Morgan fingerprint density at radius 2 is 2.05 bits per heavy atom. The van der Waals surface area contributed by atoms with E-state index >= 15 is 0 Å². The van der Waals surface area contributed by atoms with Crippen molar-refractivity contribution in [2.75, 3.05) is 42.9 Å². The Morgan fingerprint density at radius 1 is 1.32 bits per heavy atom. The molecule has 0 spiro atoms. The van der Waals surface area contributed by atoms with Gasteiger partial charge in [-0.25, -0.2) is 9.97 Å². The Balaban J connectivity index is 1.97. The Labute approximate surface area is 114 Å². The Bertz CT molecular complexity index is 445. The van der Waals surface area contributed by atoms with Crippen molar-refractivity contribution in [1.29, 1.82) is 5.26 Å². The van der Waals surface area contributed by atoms with Crippen LogP contribution in [0, 0.1) is 11.3 Å². The summed E-state index contributed by atoms with van der Waals surface area (Å²) in [5, 5.41) is 12.0. The van der Waals surface area contributed by atoms with Crippen LogP contribution < -0.4 is 10.2 Å². The van der Waals surface area contributed by atoms with E-state index in [0.29, 0.717) is 12.6 Å². The van der Waals surface area contributed by atoms with Gasteiger partial charge in [-0.05, 0) is 13.8 Å². The van der Waals surface area contributed by atoms with Gasteiger partial charge in [0, 0.05) is 38.3 Å². The normalized spacial score (nSPS) is 16.4. The van der Waals surface area contributed by atoms with Crippen LogP contribution in [-0.2, 0) is 0 Å². The monoisotopic (exact) mass is 260 g/mol. The second-order valence-electron chi connectivity index (χ2n) is 4.98. The molecule has 0 bridgehead atoms. The molecular formula is C13H20N6. The van der Waals surface area contributed by atoms with Crippen molar-refractivity contribution in [3.05, 3.63) is 12.4 Å². The van der Waals surface area contributed by atoms with Crippen LogP contribution in [0.2, 0.25) is 0 Å². The highest BCUT2D eigenvalue weighted by molar-refractivity contribution is 5.49. The van der Waals surface area contributed by atoms with Gasteiger partial charge in [0.2, 0.25) is 0 Å². The van der Waals surface area contributed by atoms with Gasteiger partial charge in [0.1, 0.15) is 18.0 Å². The zero-order valence-electron chi connectivity index (χ0n) is 11.5. The third-order valence-corrected chi connectivity index (χ3v) is 3.08. The number of rotatable bonds is 4. The van der Waals surface area contributed by atoms with Gasteiger partial charge in [0.05, 0.1) is 12.6 Å². The van der Waals surface area contributed by atoms with Crippen molar-refractivity contribution in [2.45, 2.75) is 19.9 Å². The first-order chi connectivity index (χ1) is 9.19. The fraction of sp³-hybridized carbons (Fsp3) is 0.615. The molecule has 6 heteroatoms. The van der Waals surface area contributed by atoms with Crippen LogP contribution in [0.15, 0.2) is 12.4 Å². The molecule has 1 fully saturated rings. The third-order valence-electron chi connectivity index (χ3n) is 3.08. The predicted octanol–water partition coefficient (Wildman–Crippen LogP) is 0.942. The maximum Gasteiger partial charge on any atom is 0.134 e. The van der Waals surface area contributed by atoms with Crippen LogP contribution in [-0.4, -0.2) is 53.6 Å². The van der Waals surface area contributed by atoms with Crippen molar-refractivity contribution in [2.24, 2.45) is 0 Å². The number of nitriles is 1. The molecule has 1 aliphatic rings. The number of aromatic nitrogens is 2. The maximum atomic E-state index is 8.69. The quantitative estimate of drug-likeness (QED) is 0.813. The largest absolute Gasteiger partial charge is 0.368 e. The van der Waals surface area contributed by atoms with E-state index in [1.165, 1.54) is 0 Å². The Kier molecular flexibility index (Phi) is 4.53. The Morgan fingerprint density at radius 3 is 2.68 bits per heavy atom. The lowest BCUT2D eigenvalue weighted by Crippen LogP contribution is -2.46. The first kappa shape index (κ1) is 13.6. The number of piperazine rings is 1. The number of hydrogen-bond donors (Lipinski definition) is 1. The van der Waals surface area contributed by atoms with Gasteiger partial charge < -0.3 is 10.2 Å². The third kappa shape index (κ3) is 3.80. The molecule has 1 saturated heterocycles. The van der Waals surface area contributed by atoms with Crippen molar-refractivity contribution in [3.63, 3.8) is 0 Å². The van der Waals surface area contributed by atoms with Crippen LogP contribution in [0.5, 0.6) is 0 Å². The molecule has 1 aromatic rings. The van der Waals surface area contributed by atoms with Crippen molar-refractivity contribution >= 4 is 11.6 Å². The van der Waals surface area contributed by atoms with Gasteiger partial charge in [-0.2, -0.15) is 5.26 Å². The van der Waals surface area contributed by atoms with Gasteiger partial charge >= 0.3 is 0 Å². The smallest absolute Gasteiger partial charge is 0.134 e. The van der Waals surface area contributed by atoms with E-state index in [2.05, 4.69) is 45.0 Å². The van der Waals surface area contributed by atoms with E-state index in [1.807, 2.05) is 6.07 Å². The fourth-order valence-electron chi connectivity index (χ4n) is 2.13. The van der Waals surface area contributed by atoms with E-state index in [9.17, 15) is 0 Å². The van der Waals surface area contributed by atoms with Crippen LogP contribution in [0.3, 0.4) is 0 Å². The lowest BCUT2D eigenvalue weighted by Gasteiger charge is -2.34. The summed E-state index contributed by atoms with van der Waals surface area (Å²) in [7, 11) is 0. The molecule has 0 aromatic carbocycles. The van der Waals surface area contributed by atoms with Gasteiger partial charge in [-0.1, -0.05) is 0 Å². The minimum absolute atomic E-state index is 0.357. The van der Waals surface area contributed by atoms with E-state index < -0.39 is 0 Å². The van der Waals surface area contributed by atoms with Crippen molar-refractivity contribution in [3.8, 4) is 6.07 Å². The summed E-state index contributed by atoms with van der Waals surface area (Å²) in [6, 6.07) is 4.54. The lowest BCUT2D eigenvalue weighted by molar-refractivity contribution is 0.286. The van der Waals surface area contributed by atoms with E-state index in [1.54, 1.807) is 6.33 Å². The number of nitrogens with one attached hydrogen (secondary N) is 1. The summed E-state index contributed by atoms with van der Waals surface area (Å²) in [6.45, 7) is 8.30. The molecule has 1 aromatic heterocycles. The summed E-state index contributed by atoms with van der Waals surface area (Å²) in [6.07, 6.45) is 1.60. The molecule has 0 atom stereocenters. The molecule has 102 valence electrons. The summed E-state index contributed by atoms with van der Waals surface area (Å²) in [4.78, 5) is 12.9. The highest BCUT2D eigenvalue weighted by Gasteiger charge is 2.17.